The molecule has 3 aromatic carbocycles. The molecule has 0 aliphatic rings. The van der Waals surface area contributed by atoms with Crippen LogP contribution in [0.5, 0.6) is 5.75 Å². The Kier molecular flexibility index (Phi) is 6.25. The van der Waals surface area contributed by atoms with Gasteiger partial charge in [-0.2, -0.15) is 5.26 Å². The summed E-state index contributed by atoms with van der Waals surface area (Å²) in [5.74, 6) is 0.372. The molecular weight excluding hydrogens is 452 g/mol. The summed E-state index contributed by atoms with van der Waals surface area (Å²) in [5, 5.41) is 9.41. The normalized spacial score (nSPS) is 11.1. The van der Waals surface area contributed by atoms with E-state index >= 15 is 0 Å². The van der Waals surface area contributed by atoms with Gasteiger partial charge < -0.3 is 4.74 Å². The molecule has 2 nitrogen and oxygen atoms in total. The first-order valence-corrected chi connectivity index (χ1v) is 9.49. The fourth-order valence-corrected chi connectivity index (χ4v) is 3.40. The Bertz CT molecular complexity index is 1040. The molecule has 3 rings (SSSR count). The van der Waals surface area contributed by atoms with E-state index in [-0.39, 0.29) is 5.57 Å². The molecule has 0 amide bonds. The molecule has 0 radical (unpaired) electrons. The van der Waals surface area contributed by atoms with Gasteiger partial charge >= 0.3 is 0 Å². The highest BCUT2D eigenvalue weighted by molar-refractivity contribution is 14.1. The lowest BCUT2D eigenvalue weighted by atomic mass is 10.0. The van der Waals surface area contributed by atoms with Gasteiger partial charge in [0, 0.05) is 5.56 Å². The number of aryl methyl sites for hydroxylation is 1. The molecule has 4 heteroatoms. The molecule has 0 aliphatic heterocycles. The van der Waals surface area contributed by atoms with Crippen molar-refractivity contribution in [1.29, 1.82) is 5.26 Å². The van der Waals surface area contributed by atoms with E-state index in [9.17, 15) is 9.65 Å². The van der Waals surface area contributed by atoms with Crippen molar-refractivity contribution in [2.45, 2.75) is 13.5 Å². The van der Waals surface area contributed by atoms with Gasteiger partial charge in [0.1, 0.15) is 18.2 Å². The smallest absolute Gasteiger partial charge is 0.133 e. The Morgan fingerprint density at radius 3 is 2.63 bits per heavy atom. The van der Waals surface area contributed by atoms with E-state index in [2.05, 4.69) is 47.7 Å². The van der Waals surface area contributed by atoms with Gasteiger partial charge in [-0.05, 0) is 64.9 Å². The number of rotatable bonds is 5. The van der Waals surface area contributed by atoms with Crippen molar-refractivity contribution in [2.24, 2.45) is 0 Å². The fourth-order valence-electron chi connectivity index (χ4n) is 2.70. The molecule has 0 saturated heterocycles. The van der Waals surface area contributed by atoms with Crippen LogP contribution in [0.15, 0.2) is 66.7 Å². The van der Waals surface area contributed by atoms with Gasteiger partial charge in [0.25, 0.3) is 0 Å². The predicted octanol–water partition coefficient (Wildman–Crippen LogP) is 6.38. The van der Waals surface area contributed by atoms with Crippen LogP contribution >= 0.6 is 22.6 Å². The Labute approximate surface area is 172 Å². The number of hydrogen-bond donors (Lipinski definition) is 0. The highest BCUT2D eigenvalue weighted by Crippen LogP contribution is 2.26. The second-order valence-electron chi connectivity index (χ2n) is 6.12. The van der Waals surface area contributed by atoms with Gasteiger partial charge in [0.2, 0.25) is 0 Å². The van der Waals surface area contributed by atoms with Gasteiger partial charge in [-0.1, -0.05) is 54.1 Å². The lowest BCUT2D eigenvalue weighted by Crippen LogP contribution is -1.97. The van der Waals surface area contributed by atoms with E-state index < -0.39 is 5.82 Å². The first-order chi connectivity index (χ1) is 13.1. The summed E-state index contributed by atoms with van der Waals surface area (Å²) < 4.78 is 20.8. The van der Waals surface area contributed by atoms with Crippen LogP contribution in [-0.2, 0) is 6.61 Å². The van der Waals surface area contributed by atoms with Crippen LogP contribution in [-0.4, -0.2) is 0 Å². The predicted molar refractivity (Wildman–Crippen MR) is 115 cm³/mol. The molecular formula is C23H17FINO. The minimum atomic E-state index is -0.405. The van der Waals surface area contributed by atoms with Crippen molar-refractivity contribution in [3.05, 3.63) is 98.4 Å². The van der Waals surface area contributed by atoms with Gasteiger partial charge in [-0.3, -0.25) is 0 Å². The molecule has 0 spiro atoms. The zero-order valence-corrected chi connectivity index (χ0v) is 16.9. The third-order valence-corrected chi connectivity index (χ3v) is 4.87. The molecule has 0 fully saturated rings. The summed E-state index contributed by atoms with van der Waals surface area (Å²) in [5.41, 5.74) is 3.72. The number of nitrogens with zero attached hydrogens (tertiary/aromatic N) is 1. The van der Waals surface area contributed by atoms with Crippen molar-refractivity contribution in [3.8, 4) is 11.8 Å². The Morgan fingerprint density at radius 1 is 1.11 bits per heavy atom. The average Bonchev–Trinajstić information content (AvgIpc) is 2.66. The fraction of sp³-hybridized carbons (Fsp3) is 0.0870. The standard InChI is InChI=1S/C23H17FINO/c1-16-5-4-6-18(11-16)15-27-23-10-9-17(13-22(23)25)12-19(14-26)20-7-2-3-8-21(20)24/h2-13H,15H2,1H3/b19-12-. The van der Waals surface area contributed by atoms with Gasteiger partial charge in [-0.25, -0.2) is 4.39 Å². The van der Waals surface area contributed by atoms with Gasteiger partial charge in [0.15, 0.2) is 0 Å². The van der Waals surface area contributed by atoms with Crippen LogP contribution in [0.2, 0.25) is 0 Å². The number of hydrogen-bond acceptors (Lipinski definition) is 2. The van der Waals surface area contributed by atoms with E-state index in [0.29, 0.717) is 12.2 Å². The van der Waals surface area contributed by atoms with Crippen molar-refractivity contribution in [1.82, 2.24) is 0 Å². The monoisotopic (exact) mass is 469 g/mol. The Hall–Kier alpha value is -2.65. The third kappa shape index (κ3) is 4.95. The molecule has 0 saturated carbocycles. The summed E-state index contributed by atoms with van der Waals surface area (Å²) in [7, 11) is 0. The van der Waals surface area contributed by atoms with E-state index in [1.165, 1.54) is 11.6 Å². The third-order valence-electron chi connectivity index (χ3n) is 4.03. The number of ether oxygens (including phenoxy) is 1. The highest BCUT2D eigenvalue weighted by Gasteiger charge is 2.08. The van der Waals surface area contributed by atoms with Crippen LogP contribution in [0.4, 0.5) is 4.39 Å². The average molecular weight is 469 g/mol. The summed E-state index contributed by atoms with van der Waals surface area (Å²) in [6.45, 7) is 2.54. The summed E-state index contributed by atoms with van der Waals surface area (Å²) in [4.78, 5) is 0. The summed E-state index contributed by atoms with van der Waals surface area (Å²) in [6, 6.07) is 22.2. The Balaban J connectivity index is 1.80. The first-order valence-electron chi connectivity index (χ1n) is 8.41. The van der Waals surface area contributed by atoms with E-state index in [1.807, 2.05) is 30.3 Å². The minimum absolute atomic E-state index is 0.289. The molecule has 0 bridgehead atoms. The van der Waals surface area contributed by atoms with E-state index in [0.717, 1.165) is 20.4 Å². The SMILES string of the molecule is Cc1cccc(COc2ccc(/C=C(/C#N)c3ccccc3F)cc2I)c1. The molecule has 27 heavy (non-hydrogen) atoms. The van der Waals surface area contributed by atoms with Crippen LogP contribution in [0.25, 0.3) is 11.6 Å². The van der Waals surface area contributed by atoms with Crippen LogP contribution in [0.1, 0.15) is 22.3 Å². The van der Waals surface area contributed by atoms with E-state index in [4.69, 9.17) is 4.74 Å². The largest absolute Gasteiger partial charge is 0.488 e. The molecule has 0 heterocycles. The lowest BCUT2D eigenvalue weighted by molar-refractivity contribution is 0.304. The maximum atomic E-state index is 13.9. The second-order valence-corrected chi connectivity index (χ2v) is 7.28. The minimum Gasteiger partial charge on any atom is -0.488 e. The number of allylic oxidation sites excluding steroid dienone is 1. The summed E-state index contributed by atoms with van der Waals surface area (Å²) >= 11 is 2.20. The number of halogens is 2. The van der Waals surface area contributed by atoms with Crippen LogP contribution < -0.4 is 4.74 Å². The molecule has 0 atom stereocenters. The van der Waals surface area contributed by atoms with Crippen molar-refractivity contribution in [3.63, 3.8) is 0 Å². The maximum Gasteiger partial charge on any atom is 0.133 e. The molecule has 0 N–H and O–H groups in total. The van der Waals surface area contributed by atoms with Gasteiger partial charge in [0.05, 0.1) is 15.2 Å². The number of nitriles is 1. The Morgan fingerprint density at radius 2 is 1.93 bits per heavy atom. The molecule has 0 aromatic heterocycles. The summed E-state index contributed by atoms with van der Waals surface area (Å²) in [6.07, 6.45) is 1.69. The molecule has 134 valence electrons. The van der Waals surface area contributed by atoms with Crippen molar-refractivity contribution < 1.29 is 9.13 Å². The van der Waals surface area contributed by atoms with Crippen molar-refractivity contribution in [2.75, 3.05) is 0 Å². The number of benzene rings is 3. The zero-order chi connectivity index (χ0) is 19.2. The van der Waals surface area contributed by atoms with Crippen molar-refractivity contribution >= 4 is 34.2 Å². The topological polar surface area (TPSA) is 33.0 Å². The maximum absolute atomic E-state index is 13.9. The highest BCUT2D eigenvalue weighted by atomic mass is 127. The van der Waals surface area contributed by atoms with Gasteiger partial charge in [-0.15, -0.1) is 0 Å². The molecule has 3 aromatic rings. The quantitative estimate of drug-likeness (QED) is 0.247. The van der Waals surface area contributed by atoms with Crippen LogP contribution in [0.3, 0.4) is 0 Å². The molecule has 0 unspecified atom stereocenters. The zero-order valence-electron chi connectivity index (χ0n) is 14.7. The lowest BCUT2D eigenvalue weighted by Gasteiger charge is -2.10. The first kappa shape index (κ1) is 19.1. The van der Waals surface area contributed by atoms with E-state index in [1.54, 1.807) is 24.3 Å². The second kappa shape index (κ2) is 8.83. The molecule has 0 aliphatic carbocycles. The van der Waals surface area contributed by atoms with Crippen LogP contribution in [0, 0.1) is 27.6 Å².